The number of halogens is 1. The molecule has 3 rings (SSSR count). The zero-order chi connectivity index (χ0) is 22.2. The first kappa shape index (κ1) is 23.4. The lowest BCUT2D eigenvalue weighted by molar-refractivity contribution is 0.0202. The summed E-state index contributed by atoms with van der Waals surface area (Å²) in [6.07, 6.45) is 4.43. The normalized spacial score (nSPS) is 12.4. The summed E-state index contributed by atoms with van der Waals surface area (Å²) in [7, 11) is 1.61. The number of thiophene rings is 1. The van der Waals surface area contributed by atoms with Crippen molar-refractivity contribution < 1.29 is 14.6 Å². The Kier molecular flexibility index (Phi) is 8.60. The van der Waals surface area contributed by atoms with Crippen molar-refractivity contribution in [2.75, 3.05) is 40.0 Å². The van der Waals surface area contributed by atoms with E-state index in [1.165, 1.54) is 11.3 Å². The standard InChI is InChI=1S/C22H24ClN3O4S/c1-3-8-30-13-17(27)11-26(7-9-29-2)12-19-24-21(28)20-18(14-31-22(20)25-19)15-5-4-6-16(23)10-15/h1,4-6,10,14,17,27H,7-9,11-13H2,2H3,(H,24,25,28). The van der Waals surface area contributed by atoms with Gasteiger partial charge in [0.05, 0.1) is 31.2 Å². The molecule has 2 heterocycles. The number of hydrogen-bond donors (Lipinski definition) is 2. The van der Waals surface area contributed by atoms with Crippen LogP contribution in [0.2, 0.25) is 5.02 Å². The molecule has 0 saturated carbocycles. The third kappa shape index (κ3) is 6.37. The molecule has 0 aliphatic heterocycles. The Balaban J connectivity index is 1.81. The quantitative estimate of drug-likeness (QED) is 0.337. The van der Waals surface area contributed by atoms with Crippen LogP contribution >= 0.6 is 22.9 Å². The number of nitrogens with one attached hydrogen (secondary N) is 1. The Morgan fingerprint density at radius 3 is 3.03 bits per heavy atom. The maximum absolute atomic E-state index is 12.9. The van der Waals surface area contributed by atoms with Gasteiger partial charge in [0.15, 0.2) is 0 Å². The van der Waals surface area contributed by atoms with E-state index in [9.17, 15) is 9.90 Å². The number of fused-ring (bicyclic) bond motifs is 1. The van der Waals surface area contributed by atoms with Crippen molar-refractivity contribution in [3.63, 3.8) is 0 Å². The molecule has 0 aliphatic rings. The smallest absolute Gasteiger partial charge is 0.260 e. The summed E-state index contributed by atoms with van der Waals surface area (Å²) < 4.78 is 10.4. The van der Waals surface area contributed by atoms with Gasteiger partial charge in [-0.3, -0.25) is 9.69 Å². The molecule has 31 heavy (non-hydrogen) atoms. The van der Waals surface area contributed by atoms with Gasteiger partial charge in [-0.2, -0.15) is 0 Å². The Morgan fingerprint density at radius 2 is 2.29 bits per heavy atom. The summed E-state index contributed by atoms with van der Waals surface area (Å²) in [5.41, 5.74) is 1.47. The second-order valence-corrected chi connectivity index (χ2v) is 8.25. The van der Waals surface area contributed by atoms with Crippen LogP contribution in [0.15, 0.2) is 34.4 Å². The lowest BCUT2D eigenvalue weighted by Crippen LogP contribution is -2.37. The van der Waals surface area contributed by atoms with Crippen LogP contribution in [0, 0.1) is 12.3 Å². The van der Waals surface area contributed by atoms with E-state index >= 15 is 0 Å². The summed E-state index contributed by atoms with van der Waals surface area (Å²) in [5, 5.41) is 13.3. The van der Waals surface area contributed by atoms with Gasteiger partial charge in [-0.25, -0.2) is 4.98 Å². The Hall–Kier alpha value is -2.25. The Bertz CT molecular complexity index is 1110. The lowest BCUT2D eigenvalue weighted by atomic mass is 10.1. The third-order valence-electron chi connectivity index (χ3n) is 4.58. The van der Waals surface area contributed by atoms with E-state index in [1.807, 2.05) is 28.5 Å². The minimum Gasteiger partial charge on any atom is -0.389 e. The van der Waals surface area contributed by atoms with Gasteiger partial charge in [-0.15, -0.1) is 17.8 Å². The van der Waals surface area contributed by atoms with Crippen molar-refractivity contribution in [3.05, 3.63) is 50.8 Å². The number of aromatic amines is 1. The van der Waals surface area contributed by atoms with Crippen LogP contribution < -0.4 is 5.56 Å². The van der Waals surface area contributed by atoms with Crippen LogP contribution in [-0.2, 0) is 16.0 Å². The van der Waals surface area contributed by atoms with E-state index in [1.54, 1.807) is 13.2 Å². The van der Waals surface area contributed by atoms with Crippen LogP contribution in [-0.4, -0.2) is 66.1 Å². The summed E-state index contributed by atoms with van der Waals surface area (Å²) in [4.78, 5) is 23.0. The largest absolute Gasteiger partial charge is 0.389 e. The highest BCUT2D eigenvalue weighted by molar-refractivity contribution is 7.17. The molecule has 0 spiro atoms. The average Bonchev–Trinajstić information content (AvgIpc) is 3.17. The number of terminal acetylenes is 1. The predicted molar refractivity (Wildman–Crippen MR) is 123 cm³/mol. The fourth-order valence-corrected chi connectivity index (χ4v) is 4.37. The van der Waals surface area contributed by atoms with E-state index in [0.717, 1.165) is 11.1 Å². The van der Waals surface area contributed by atoms with Crippen LogP contribution in [0.4, 0.5) is 0 Å². The van der Waals surface area contributed by atoms with E-state index < -0.39 is 6.10 Å². The van der Waals surface area contributed by atoms with Gasteiger partial charge >= 0.3 is 0 Å². The van der Waals surface area contributed by atoms with Gasteiger partial charge < -0.3 is 19.6 Å². The zero-order valence-electron chi connectivity index (χ0n) is 17.1. The number of aliphatic hydroxyl groups excluding tert-OH is 1. The Morgan fingerprint density at radius 1 is 1.45 bits per heavy atom. The van der Waals surface area contributed by atoms with E-state index in [2.05, 4.69) is 15.9 Å². The van der Waals surface area contributed by atoms with Crippen molar-refractivity contribution in [3.8, 4) is 23.5 Å². The number of methoxy groups -OCH3 is 1. The minimum absolute atomic E-state index is 0.130. The van der Waals surface area contributed by atoms with Crippen LogP contribution in [0.3, 0.4) is 0 Å². The molecule has 3 aromatic rings. The molecule has 2 N–H and O–H groups in total. The molecule has 0 bridgehead atoms. The molecule has 164 valence electrons. The van der Waals surface area contributed by atoms with Crippen LogP contribution in [0.1, 0.15) is 5.82 Å². The lowest BCUT2D eigenvalue weighted by Gasteiger charge is -2.24. The topological polar surface area (TPSA) is 87.7 Å². The molecule has 0 radical (unpaired) electrons. The summed E-state index contributed by atoms with van der Waals surface area (Å²) in [5.74, 6) is 2.89. The number of aliphatic hydroxyl groups is 1. The monoisotopic (exact) mass is 461 g/mol. The summed E-state index contributed by atoms with van der Waals surface area (Å²) in [6.45, 7) is 1.99. The fraction of sp³-hybridized carbons (Fsp3) is 0.364. The number of benzene rings is 1. The molecule has 9 heteroatoms. The highest BCUT2D eigenvalue weighted by Gasteiger charge is 2.17. The number of rotatable bonds is 11. The number of ether oxygens (including phenoxy) is 2. The maximum Gasteiger partial charge on any atom is 0.260 e. The molecule has 0 amide bonds. The van der Waals surface area contributed by atoms with Crippen molar-refractivity contribution in [2.24, 2.45) is 0 Å². The predicted octanol–water partition coefficient (Wildman–Crippen LogP) is 2.76. The molecule has 1 unspecified atom stereocenters. The van der Waals surface area contributed by atoms with Crippen LogP contribution in [0.25, 0.3) is 21.3 Å². The molecule has 7 nitrogen and oxygen atoms in total. The van der Waals surface area contributed by atoms with Gasteiger partial charge in [0.1, 0.15) is 17.3 Å². The molecule has 2 aromatic heterocycles. The molecule has 0 aliphatic carbocycles. The molecular formula is C22H24ClN3O4S. The number of hydrogen-bond acceptors (Lipinski definition) is 7. The van der Waals surface area contributed by atoms with E-state index in [4.69, 9.17) is 27.5 Å². The Labute approximate surface area is 189 Å². The highest BCUT2D eigenvalue weighted by atomic mass is 35.5. The molecule has 1 aromatic carbocycles. The summed E-state index contributed by atoms with van der Waals surface area (Å²) >= 11 is 7.52. The van der Waals surface area contributed by atoms with Crippen molar-refractivity contribution in [1.82, 2.24) is 14.9 Å². The maximum atomic E-state index is 12.9. The van der Waals surface area contributed by atoms with Crippen molar-refractivity contribution >= 4 is 33.2 Å². The number of aromatic nitrogens is 2. The third-order valence-corrected chi connectivity index (χ3v) is 5.69. The fourth-order valence-electron chi connectivity index (χ4n) is 3.21. The zero-order valence-corrected chi connectivity index (χ0v) is 18.7. The SMILES string of the molecule is C#CCOCC(O)CN(CCOC)Cc1nc2scc(-c3cccc(Cl)c3)c2c(=O)[nH]1. The van der Waals surface area contributed by atoms with Crippen molar-refractivity contribution in [1.29, 1.82) is 0 Å². The molecule has 0 saturated heterocycles. The first-order valence-electron chi connectivity index (χ1n) is 9.68. The average molecular weight is 462 g/mol. The first-order valence-corrected chi connectivity index (χ1v) is 10.9. The van der Waals surface area contributed by atoms with E-state index in [-0.39, 0.29) is 18.8 Å². The van der Waals surface area contributed by atoms with Crippen LogP contribution in [0.5, 0.6) is 0 Å². The minimum atomic E-state index is -0.725. The second-order valence-electron chi connectivity index (χ2n) is 6.95. The van der Waals surface area contributed by atoms with Gasteiger partial charge in [0.2, 0.25) is 0 Å². The molecule has 0 fully saturated rings. The van der Waals surface area contributed by atoms with Crippen molar-refractivity contribution in [2.45, 2.75) is 12.6 Å². The number of H-pyrrole nitrogens is 1. The van der Waals surface area contributed by atoms with Gasteiger partial charge in [0.25, 0.3) is 5.56 Å². The number of nitrogens with zero attached hydrogens (tertiary/aromatic N) is 2. The van der Waals surface area contributed by atoms with E-state index in [0.29, 0.717) is 47.3 Å². The van der Waals surface area contributed by atoms with Gasteiger partial charge in [0, 0.05) is 36.2 Å². The molecular weight excluding hydrogens is 438 g/mol. The highest BCUT2D eigenvalue weighted by Crippen LogP contribution is 2.31. The first-order chi connectivity index (χ1) is 15.0. The molecule has 1 atom stereocenters. The summed E-state index contributed by atoms with van der Waals surface area (Å²) in [6, 6.07) is 7.38. The van der Waals surface area contributed by atoms with Gasteiger partial charge in [-0.05, 0) is 17.7 Å². The van der Waals surface area contributed by atoms with Gasteiger partial charge in [-0.1, -0.05) is 29.7 Å². The second kappa shape index (κ2) is 11.4.